The molecule has 0 saturated carbocycles. The summed E-state index contributed by atoms with van der Waals surface area (Å²) in [5, 5.41) is 0. The van der Waals surface area contributed by atoms with E-state index in [1.54, 1.807) is 24.0 Å². The van der Waals surface area contributed by atoms with Crippen molar-refractivity contribution in [1.29, 1.82) is 0 Å². The Hall–Kier alpha value is -1.92. The van der Waals surface area contributed by atoms with E-state index in [1.165, 1.54) is 0 Å². The van der Waals surface area contributed by atoms with Crippen LogP contribution in [-0.2, 0) is 19.1 Å². The first-order valence-electron chi connectivity index (χ1n) is 8.19. The molecule has 2 atom stereocenters. The van der Waals surface area contributed by atoms with Crippen molar-refractivity contribution in [3.8, 4) is 0 Å². The molecule has 1 aromatic rings. The molecule has 24 heavy (non-hydrogen) atoms. The van der Waals surface area contributed by atoms with Crippen LogP contribution in [0.2, 0.25) is 0 Å². The molecule has 0 bridgehead atoms. The van der Waals surface area contributed by atoms with Gasteiger partial charge in [0.15, 0.2) is 6.10 Å². The van der Waals surface area contributed by atoms with Crippen molar-refractivity contribution in [3.63, 3.8) is 0 Å². The van der Waals surface area contributed by atoms with Gasteiger partial charge in [-0.3, -0.25) is 9.59 Å². The molecule has 0 radical (unpaired) electrons. The highest BCUT2D eigenvalue weighted by molar-refractivity contribution is 5.86. The Bertz CT molecular complexity index is 561. The number of carbonyl (C=O) groups is 2. The van der Waals surface area contributed by atoms with Crippen LogP contribution in [0.4, 0.5) is 0 Å². The standard InChI is InChI=1S/C18H26N2O4/c1-13(2)20-15(21)12-24-17(18(22)19(3)10-11-23-4)16(20)14-8-6-5-7-9-14/h5-9,13,16-17H,10-12H2,1-4H3/t16-,17+/m1/s1. The molecule has 0 aliphatic carbocycles. The monoisotopic (exact) mass is 334 g/mol. The number of rotatable bonds is 6. The second-order valence-electron chi connectivity index (χ2n) is 6.23. The molecule has 1 saturated heterocycles. The molecule has 132 valence electrons. The van der Waals surface area contributed by atoms with Crippen LogP contribution in [0.15, 0.2) is 30.3 Å². The summed E-state index contributed by atoms with van der Waals surface area (Å²) in [5.41, 5.74) is 0.901. The van der Waals surface area contributed by atoms with Crippen LogP contribution in [0.3, 0.4) is 0 Å². The van der Waals surface area contributed by atoms with Crippen molar-refractivity contribution in [1.82, 2.24) is 9.80 Å². The van der Waals surface area contributed by atoms with Crippen molar-refractivity contribution in [2.45, 2.75) is 32.0 Å². The summed E-state index contributed by atoms with van der Waals surface area (Å²) in [6.07, 6.45) is -0.714. The predicted octanol–water partition coefficient (Wildman–Crippen LogP) is 1.47. The molecular formula is C18H26N2O4. The summed E-state index contributed by atoms with van der Waals surface area (Å²) in [4.78, 5) is 28.6. The lowest BCUT2D eigenvalue weighted by Crippen LogP contribution is -2.56. The third-order valence-electron chi connectivity index (χ3n) is 4.21. The van der Waals surface area contributed by atoms with E-state index in [9.17, 15) is 9.59 Å². The van der Waals surface area contributed by atoms with Gasteiger partial charge in [-0.05, 0) is 19.4 Å². The summed E-state index contributed by atoms with van der Waals surface area (Å²) in [6.45, 7) is 4.77. The number of ether oxygens (including phenoxy) is 2. The average molecular weight is 334 g/mol. The zero-order valence-electron chi connectivity index (χ0n) is 14.8. The smallest absolute Gasteiger partial charge is 0.254 e. The molecule has 1 aromatic carbocycles. The number of nitrogens with zero attached hydrogens (tertiary/aromatic N) is 2. The van der Waals surface area contributed by atoms with E-state index in [0.717, 1.165) is 5.56 Å². The second kappa shape index (κ2) is 8.26. The van der Waals surface area contributed by atoms with E-state index in [4.69, 9.17) is 9.47 Å². The number of carbonyl (C=O) groups excluding carboxylic acids is 2. The minimum atomic E-state index is -0.714. The number of hydrogen-bond donors (Lipinski definition) is 0. The van der Waals surface area contributed by atoms with E-state index >= 15 is 0 Å². The van der Waals surface area contributed by atoms with Gasteiger partial charge >= 0.3 is 0 Å². The first-order valence-corrected chi connectivity index (χ1v) is 8.19. The Balaban J connectivity index is 2.33. The van der Waals surface area contributed by atoms with Crippen LogP contribution >= 0.6 is 0 Å². The van der Waals surface area contributed by atoms with Crippen molar-refractivity contribution in [2.75, 3.05) is 33.9 Å². The molecule has 6 heteroatoms. The van der Waals surface area contributed by atoms with Crippen molar-refractivity contribution in [2.24, 2.45) is 0 Å². The second-order valence-corrected chi connectivity index (χ2v) is 6.23. The molecule has 0 aromatic heterocycles. The molecule has 2 amide bonds. The minimum Gasteiger partial charge on any atom is -0.383 e. The molecule has 1 aliphatic rings. The van der Waals surface area contributed by atoms with Crippen LogP contribution in [-0.4, -0.2) is 67.7 Å². The molecular weight excluding hydrogens is 308 g/mol. The number of methoxy groups -OCH3 is 1. The fourth-order valence-electron chi connectivity index (χ4n) is 2.98. The molecule has 0 N–H and O–H groups in total. The Labute approximate surface area is 143 Å². The normalized spacial score (nSPS) is 21.2. The van der Waals surface area contributed by atoms with Gasteiger partial charge in [0.25, 0.3) is 5.91 Å². The maximum Gasteiger partial charge on any atom is 0.254 e. The fraction of sp³-hybridized carbons (Fsp3) is 0.556. The van der Waals surface area contributed by atoms with Crippen LogP contribution < -0.4 is 0 Å². The SMILES string of the molecule is COCCN(C)C(=O)[C@H]1OCC(=O)N(C(C)C)[C@@H]1c1ccccc1. The molecule has 6 nitrogen and oxygen atoms in total. The number of morpholine rings is 1. The lowest BCUT2D eigenvalue weighted by atomic mass is 9.95. The largest absolute Gasteiger partial charge is 0.383 e. The molecule has 0 spiro atoms. The average Bonchev–Trinajstić information content (AvgIpc) is 2.59. The van der Waals surface area contributed by atoms with Crippen LogP contribution in [0, 0.1) is 0 Å². The van der Waals surface area contributed by atoms with E-state index in [1.807, 2.05) is 44.2 Å². The van der Waals surface area contributed by atoms with Crippen LogP contribution in [0.5, 0.6) is 0 Å². The summed E-state index contributed by atoms with van der Waals surface area (Å²) < 4.78 is 10.7. The Kier molecular flexibility index (Phi) is 6.34. The van der Waals surface area contributed by atoms with Crippen LogP contribution in [0.25, 0.3) is 0 Å². The van der Waals surface area contributed by atoms with Gasteiger partial charge in [-0.25, -0.2) is 0 Å². The van der Waals surface area contributed by atoms with E-state index in [0.29, 0.717) is 13.2 Å². The molecule has 0 unspecified atom stereocenters. The number of amides is 2. The maximum absolute atomic E-state index is 12.9. The molecule has 2 rings (SSSR count). The quantitative estimate of drug-likeness (QED) is 0.790. The minimum absolute atomic E-state index is 0.0220. The Morgan fingerprint density at radius 2 is 2.04 bits per heavy atom. The van der Waals surface area contributed by atoms with Gasteiger partial charge in [0, 0.05) is 26.7 Å². The molecule has 1 fully saturated rings. The maximum atomic E-state index is 12.9. The lowest BCUT2D eigenvalue weighted by molar-refractivity contribution is -0.171. The highest BCUT2D eigenvalue weighted by atomic mass is 16.5. The Morgan fingerprint density at radius 1 is 1.38 bits per heavy atom. The third kappa shape index (κ3) is 3.94. The first-order chi connectivity index (χ1) is 11.5. The van der Waals surface area contributed by atoms with E-state index in [-0.39, 0.29) is 24.5 Å². The zero-order chi connectivity index (χ0) is 17.7. The van der Waals surface area contributed by atoms with Gasteiger partial charge in [0.2, 0.25) is 5.91 Å². The summed E-state index contributed by atoms with van der Waals surface area (Å²) in [5.74, 6) is -0.235. The summed E-state index contributed by atoms with van der Waals surface area (Å²) >= 11 is 0. The van der Waals surface area contributed by atoms with E-state index < -0.39 is 12.1 Å². The van der Waals surface area contributed by atoms with Gasteiger partial charge in [0.05, 0.1) is 12.6 Å². The summed E-state index contributed by atoms with van der Waals surface area (Å²) in [6, 6.07) is 9.13. The topological polar surface area (TPSA) is 59.1 Å². The zero-order valence-corrected chi connectivity index (χ0v) is 14.8. The fourth-order valence-corrected chi connectivity index (χ4v) is 2.98. The highest BCUT2D eigenvalue weighted by Gasteiger charge is 2.43. The van der Waals surface area contributed by atoms with Crippen molar-refractivity contribution >= 4 is 11.8 Å². The van der Waals surface area contributed by atoms with Gasteiger partial charge in [-0.2, -0.15) is 0 Å². The van der Waals surface area contributed by atoms with Crippen molar-refractivity contribution < 1.29 is 19.1 Å². The molecule has 1 heterocycles. The number of likely N-dealkylation sites (N-methyl/N-ethyl adjacent to an activating group) is 1. The number of benzene rings is 1. The lowest BCUT2D eigenvalue weighted by Gasteiger charge is -2.43. The first kappa shape index (κ1) is 18.4. The molecule has 1 aliphatic heterocycles. The van der Waals surface area contributed by atoms with Crippen molar-refractivity contribution in [3.05, 3.63) is 35.9 Å². The van der Waals surface area contributed by atoms with Gasteiger partial charge in [0.1, 0.15) is 6.61 Å². The Morgan fingerprint density at radius 3 is 2.62 bits per heavy atom. The summed E-state index contributed by atoms with van der Waals surface area (Å²) in [7, 11) is 3.32. The highest BCUT2D eigenvalue weighted by Crippen LogP contribution is 2.32. The van der Waals surface area contributed by atoms with Crippen LogP contribution in [0.1, 0.15) is 25.5 Å². The van der Waals surface area contributed by atoms with E-state index in [2.05, 4.69) is 0 Å². The van der Waals surface area contributed by atoms with Gasteiger partial charge < -0.3 is 19.3 Å². The van der Waals surface area contributed by atoms with Gasteiger partial charge in [-0.15, -0.1) is 0 Å². The third-order valence-corrected chi connectivity index (χ3v) is 4.21. The predicted molar refractivity (Wildman–Crippen MR) is 90.4 cm³/mol. The number of hydrogen-bond acceptors (Lipinski definition) is 4. The van der Waals surface area contributed by atoms with Gasteiger partial charge in [-0.1, -0.05) is 30.3 Å².